The molecule has 0 fully saturated rings. The molecule has 1 heterocycles. The number of alkyl halides is 1. The van der Waals surface area contributed by atoms with E-state index in [0.29, 0.717) is 1.77 Å². The molecule has 3 rings (SSSR count). The van der Waals surface area contributed by atoms with E-state index in [9.17, 15) is 0 Å². The minimum Gasteiger partial charge on any atom is -1.00 e. The van der Waals surface area contributed by atoms with E-state index in [0.717, 1.165) is 0 Å². The fraction of sp³-hybridized carbons (Fsp3) is 0.286. The molecule has 0 nitrogen and oxygen atoms in total. The summed E-state index contributed by atoms with van der Waals surface area (Å²) in [4.78, 5) is 0. The first kappa shape index (κ1) is 18.1. The molecule has 0 saturated carbocycles. The Morgan fingerprint density at radius 3 is 2.63 bits per heavy atom. The van der Waals surface area contributed by atoms with Crippen LogP contribution < -0.4 is 24.8 Å². The molecular formula is C14H14BrCl2PZr. The number of fused-ring (bicyclic) bond motifs is 1. The molecule has 3 aliphatic rings. The van der Waals surface area contributed by atoms with Crippen molar-refractivity contribution in [3.8, 4) is 0 Å². The maximum atomic E-state index is 4.09. The molecule has 1 aliphatic heterocycles. The summed E-state index contributed by atoms with van der Waals surface area (Å²) in [5, 5.41) is 1.61. The third-order valence-corrected chi connectivity index (χ3v) is 14.6. The van der Waals surface area contributed by atoms with Crippen LogP contribution in [0.3, 0.4) is 0 Å². The normalized spacial score (nSPS) is 30.4. The van der Waals surface area contributed by atoms with Gasteiger partial charge in [0, 0.05) is 0 Å². The predicted molar refractivity (Wildman–Crippen MR) is 76.3 cm³/mol. The Morgan fingerprint density at radius 2 is 2.05 bits per heavy atom. The second-order valence-electron chi connectivity index (χ2n) is 4.70. The summed E-state index contributed by atoms with van der Waals surface area (Å²) < 4.78 is 2.08. The molecule has 19 heavy (non-hydrogen) atoms. The zero-order chi connectivity index (χ0) is 12.0. The molecule has 0 N–H and O–H groups in total. The van der Waals surface area contributed by atoms with Crippen molar-refractivity contribution < 1.29 is 48.0 Å². The Hall–Kier alpha value is 1.07. The van der Waals surface area contributed by atoms with E-state index in [-0.39, 0.29) is 32.7 Å². The van der Waals surface area contributed by atoms with Gasteiger partial charge >= 0.3 is 125 Å². The average molecular weight is 455 g/mol. The largest absolute Gasteiger partial charge is 1.00 e. The molecule has 2 unspecified atom stereocenters. The van der Waals surface area contributed by atoms with Gasteiger partial charge in [-0.1, -0.05) is 0 Å². The third-order valence-electron chi connectivity index (χ3n) is 3.35. The van der Waals surface area contributed by atoms with E-state index in [2.05, 4.69) is 66.0 Å². The zero-order valence-electron chi connectivity index (χ0n) is 10.8. The van der Waals surface area contributed by atoms with Crippen molar-refractivity contribution in [3.05, 3.63) is 56.2 Å². The Bertz CT molecular complexity index is 534. The van der Waals surface area contributed by atoms with Crippen LogP contribution in [0.15, 0.2) is 56.2 Å². The molecule has 5 heteroatoms. The molecule has 0 spiro atoms. The molecule has 0 bridgehead atoms. The van der Waals surface area contributed by atoms with Gasteiger partial charge < -0.3 is 24.8 Å². The zero-order valence-corrected chi connectivity index (χ0v) is 17.2. The summed E-state index contributed by atoms with van der Waals surface area (Å²) in [7, 11) is -0.0536. The van der Waals surface area contributed by atoms with Crippen molar-refractivity contribution in [2.24, 2.45) is 0 Å². The topological polar surface area (TPSA) is 0 Å². The Kier molecular flexibility index (Phi) is 6.57. The van der Waals surface area contributed by atoms with E-state index < -0.39 is 23.2 Å². The molecule has 0 aromatic heterocycles. The molecule has 100 valence electrons. The molecule has 0 radical (unpaired) electrons. The van der Waals surface area contributed by atoms with Gasteiger partial charge in [0.25, 0.3) is 0 Å². The Balaban J connectivity index is 0.000000902. The number of allylic oxidation sites excluding steroid dienone is 10. The van der Waals surface area contributed by atoms with Crippen LogP contribution in [0.4, 0.5) is 0 Å². The van der Waals surface area contributed by atoms with E-state index in [1.54, 1.807) is 8.60 Å². The van der Waals surface area contributed by atoms with Crippen LogP contribution in [-0.2, 0) is 23.2 Å². The van der Waals surface area contributed by atoms with Crippen LogP contribution >= 0.6 is 23.9 Å². The van der Waals surface area contributed by atoms with Crippen LogP contribution in [-0.4, -0.2) is 8.44 Å². The minimum atomic E-state index is -0.549. The van der Waals surface area contributed by atoms with Crippen LogP contribution in [0.2, 0.25) is 0 Å². The van der Waals surface area contributed by atoms with Crippen LogP contribution in [0.25, 0.3) is 0 Å². The quantitative estimate of drug-likeness (QED) is 0.365. The van der Waals surface area contributed by atoms with Gasteiger partial charge in [-0.2, -0.15) is 0 Å². The first-order chi connectivity index (χ1) is 8.08. The summed E-state index contributed by atoms with van der Waals surface area (Å²) in [5.74, 6) is 0. The van der Waals surface area contributed by atoms with Crippen molar-refractivity contribution in [2.45, 2.75) is 15.1 Å². The van der Waals surface area contributed by atoms with Crippen molar-refractivity contribution >= 4 is 23.9 Å². The van der Waals surface area contributed by atoms with Crippen molar-refractivity contribution in [3.63, 3.8) is 0 Å². The van der Waals surface area contributed by atoms with Crippen molar-refractivity contribution in [1.29, 1.82) is 0 Å². The molecule has 2 atom stereocenters. The second kappa shape index (κ2) is 6.89. The minimum absolute atomic E-state index is 0. The predicted octanol–water partition coefficient (Wildman–Crippen LogP) is -1.14. The SMILES string of the molecule is CC1=CC2=C[C](Br)([Zr+2][C]3=CC=CC3)P(C)C2=C1.[Cl-].[Cl-]. The van der Waals surface area contributed by atoms with Crippen molar-refractivity contribution in [1.82, 2.24) is 0 Å². The fourth-order valence-electron chi connectivity index (χ4n) is 2.43. The van der Waals surface area contributed by atoms with Gasteiger partial charge in [0.2, 0.25) is 0 Å². The number of hydrogen-bond acceptors (Lipinski definition) is 0. The van der Waals surface area contributed by atoms with Gasteiger partial charge in [0.1, 0.15) is 0 Å². The Labute approximate surface area is 148 Å². The van der Waals surface area contributed by atoms with Crippen LogP contribution in [0.1, 0.15) is 13.3 Å². The molecular weight excluding hydrogens is 441 g/mol. The number of hydrogen-bond donors (Lipinski definition) is 0. The monoisotopic (exact) mass is 452 g/mol. The van der Waals surface area contributed by atoms with Crippen molar-refractivity contribution in [2.75, 3.05) is 6.66 Å². The summed E-state index contributed by atoms with van der Waals surface area (Å²) in [6.07, 6.45) is 15.3. The average Bonchev–Trinajstić information content (AvgIpc) is 2.90. The molecule has 0 aromatic carbocycles. The molecule has 2 aliphatic carbocycles. The van der Waals surface area contributed by atoms with Gasteiger partial charge in [-0.15, -0.1) is 0 Å². The van der Waals surface area contributed by atoms with E-state index in [1.165, 1.54) is 17.6 Å². The van der Waals surface area contributed by atoms with Gasteiger partial charge in [-0.05, 0) is 0 Å². The van der Waals surface area contributed by atoms with Gasteiger partial charge in [-0.3, -0.25) is 0 Å². The first-order valence-corrected chi connectivity index (χ1v) is 10.8. The summed E-state index contributed by atoms with van der Waals surface area (Å²) >= 11 is 3.54. The van der Waals surface area contributed by atoms with E-state index in [1.807, 2.05) is 0 Å². The van der Waals surface area contributed by atoms with Crippen LogP contribution in [0.5, 0.6) is 0 Å². The van der Waals surface area contributed by atoms with E-state index in [4.69, 9.17) is 0 Å². The number of halogens is 3. The smallest absolute Gasteiger partial charge is 1.00 e. The maximum absolute atomic E-state index is 4.09. The number of rotatable bonds is 2. The molecule has 0 amide bonds. The summed E-state index contributed by atoms with van der Waals surface area (Å²) in [6, 6.07) is 0. The molecule has 0 saturated heterocycles. The van der Waals surface area contributed by atoms with Gasteiger partial charge in [0.15, 0.2) is 0 Å². The maximum Gasteiger partial charge on any atom is -1.00 e. The summed E-state index contributed by atoms with van der Waals surface area (Å²) in [5.41, 5.74) is 2.92. The van der Waals surface area contributed by atoms with Crippen LogP contribution in [0, 0.1) is 0 Å². The third kappa shape index (κ3) is 3.46. The first-order valence-electron chi connectivity index (χ1n) is 5.78. The Morgan fingerprint density at radius 1 is 1.32 bits per heavy atom. The second-order valence-corrected chi connectivity index (χ2v) is 15.8. The van der Waals surface area contributed by atoms with Gasteiger partial charge in [0.05, 0.1) is 0 Å². The summed E-state index contributed by atoms with van der Waals surface area (Å²) in [6.45, 7) is 4.64. The van der Waals surface area contributed by atoms with Gasteiger partial charge in [-0.25, -0.2) is 0 Å². The fourth-order valence-corrected chi connectivity index (χ4v) is 12.1. The van der Waals surface area contributed by atoms with E-state index >= 15 is 0 Å². The molecule has 0 aromatic rings. The standard InChI is InChI=1S/C9H9BrP.C5H5.2ClH.Zr/c1-6-3-7-5-9(10)11(2)8(7)4-6;1-2-4-5-3-1;;;/h3-5H,1-2H3;1-3H,4H2;2*1H;/q;;;;+2/p-2.